The molecule has 0 rings (SSSR count). The van der Waals surface area contributed by atoms with Crippen LogP contribution >= 0.6 is 0 Å². The number of carbonyl (C=O) groups is 2. The minimum absolute atomic E-state index is 0.778. The molecule has 0 radical (unpaired) electrons. The van der Waals surface area contributed by atoms with E-state index in [1.54, 1.807) is 0 Å². The van der Waals surface area contributed by atoms with Gasteiger partial charge in [0.1, 0.15) is 6.61 Å². The molecule has 6 nitrogen and oxygen atoms in total. The van der Waals surface area contributed by atoms with Crippen LogP contribution in [0.15, 0.2) is 0 Å². The fourth-order valence-electron chi connectivity index (χ4n) is 0.354. The summed E-state index contributed by atoms with van der Waals surface area (Å²) in [5, 5.41) is 29.0. The summed E-state index contributed by atoms with van der Waals surface area (Å²) in [5.41, 5.74) is 0. The monoisotopic (exact) mass is 234 g/mol. The summed E-state index contributed by atoms with van der Waals surface area (Å²) in [6.45, 7) is 1.46. The van der Waals surface area contributed by atoms with Crippen molar-refractivity contribution in [3.63, 3.8) is 0 Å². The molecule has 0 aliphatic rings. The first-order valence-corrected chi connectivity index (χ1v) is 6.37. The summed E-state index contributed by atoms with van der Waals surface area (Å²) in [6.07, 6.45) is 1.03. The fourth-order valence-corrected chi connectivity index (χ4v) is 1.46. The number of aliphatic hydroxyl groups excluding tert-OH is 1. The number of carboxylic acids is 1. The summed E-state index contributed by atoms with van der Waals surface area (Å²) >= 11 is 1.11. The van der Waals surface area contributed by atoms with E-state index in [9.17, 15) is 0 Å². The third kappa shape index (κ3) is 84.3. The van der Waals surface area contributed by atoms with Crippen LogP contribution in [-0.4, -0.2) is 88.1 Å². The Morgan fingerprint density at radius 1 is 1.21 bits per heavy atom. The van der Waals surface area contributed by atoms with Gasteiger partial charge in [-0.3, -0.25) is 0 Å². The van der Waals surface area contributed by atoms with Gasteiger partial charge in [-0.05, 0) is 0 Å². The van der Waals surface area contributed by atoms with Gasteiger partial charge in [0.25, 0.3) is 0 Å². The van der Waals surface area contributed by atoms with E-state index in [1.165, 1.54) is 13.4 Å². The van der Waals surface area contributed by atoms with E-state index in [1.807, 2.05) is 0 Å². The van der Waals surface area contributed by atoms with Gasteiger partial charge in [0.2, 0.25) is 0 Å². The zero-order chi connectivity index (χ0) is 12.0. The van der Waals surface area contributed by atoms with Gasteiger partial charge in [0, 0.05) is 0 Å². The van der Waals surface area contributed by atoms with Gasteiger partial charge in [-0.15, -0.1) is 0 Å². The van der Waals surface area contributed by atoms with Crippen molar-refractivity contribution in [2.24, 2.45) is 0 Å². The molecule has 0 spiro atoms. The van der Waals surface area contributed by atoms with E-state index < -0.39 is 18.7 Å². The molecule has 0 atom stereocenters. The Bertz CT molecular complexity index is 132. The van der Waals surface area contributed by atoms with Gasteiger partial charge >= 0.3 is 81.4 Å². The second kappa shape index (κ2) is 19.0. The molecule has 0 saturated heterocycles. The number of aliphatic hydroxyl groups is 1. The summed E-state index contributed by atoms with van der Waals surface area (Å²) in [7, 11) is 0. The average molecular weight is 234 g/mol. The third-order valence-electron chi connectivity index (χ3n) is 0.842. The predicted octanol–water partition coefficient (Wildman–Crippen LogP) is 0.659. The van der Waals surface area contributed by atoms with Gasteiger partial charge < -0.3 is 20.4 Å². The number of carboxylic acid groups (broad SMARTS) is 3. The molecule has 0 aliphatic heterocycles. The second-order valence-corrected chi connectivity index (χ2v) is 3.75. The van der Waals surface area contributed by atoms with Crippen LogP contribution in [-0.2, 0) is 4.79 Å². The molecular weight excluding hydrogens is 219 g/mol. The Kier molecular flexibility index (Phi) is 26.9. The molecule has 0 aliphatic carbocycles. The van der Waals surface area contributed by atoms with Gasteiger partial charge in [-0.1, -0.05) is 0 Å². The largest absolute Gasteiger partial charge is 0.503 e. The van der Waals surface area contributed by atoms with Crippen LogP contribution in [0.1, 0.15) is 19.8 Å². The minimum atomic E-state index is -1.83. The summed E-state index contributed by atoms with van der Waals surface area (Å²) in [6, 6.07) is 0. The molecule has 7 heteroatoms. The molecule has 0 amide bonds. The Hall–Kier alpha value is 0.336. The van der Waals surface area contributed by atoms with Crippen LogP contribution in [0, 0.1) is 0 Å². The van der Waals surface area contributed by atoms with Crippen molar-refractivity contribution in [3.05, 3.63) is 0 Å². The first-order valence-electron chi connectivity index (χ1n) is 4.16. The number of aliphatic carboxylic acids is 1. The molecular formula is C7H15KO6. The fraction of sp³-hybridized carbons (Fsp3) is 0.714. The van der Waals surface area contributed by atoms with E-state index in [2.05, 4.69) is 6.92 Å². The van der Waals surface area contributed by atoms with E-state index in [-0.39, 0.29) is 0 Å². The zero-order valence-electron chi connectivity index (χ0n) is 8.43. The molecule has 0 aromatic heterocycles. The van der Waals surface area contributed by atoms with Crippen molar-refractivity contribution < 1.29 is 30.0 Å². The maximum absolute atomic E-state index is 9.12. The van der Waals surface area contributed by atoms with Crippen molar-refractivity contribution in [2.75, 3.05) is 6.61 Å². The molecule has 0 unspecified atom stereocenters. The van der Waals surface area contributed by atoms with E-state index in [0.717, 1.165) is 49.0 Å². The first-order chi connectivity index (χ1) is 6.42. The maximum Gasteiger partial charge on any atom is 0.503 e. The molecule has 14 heavy (non-hydrogen) atoms. The van der Waals surface area contributed by atoms with Crippen LogP contribution in [0.5, 0.6) is 0 Å². The van der Waals surface area contributed by atoms with Crippen LogP contribution in [0.25, 0.3) is 0 Å². The van der Waals surface area contributed by atoms with Gasteiger partial charge in [0.05, 0.1) is 0 Å². The van der Waals surface area contributed by atoms with Gasteiger partial charge in [-0.2, -0.15) is 0 Å². The minimum Gasteiger partial charge on any atom is -0.480 e. The number of hydrogen-bond donors (Lipinski definition) is 4. The molecule has 0 saturated carbocycles. The zero-order valence-corrected chi connectivity index (χ0v) is 11.6. The number of rotatable bonds is 3. The van der Waals surface area contributed by atoms with Gasteiger partial charge in [-0.25, -0.2) is 9.59 Å². The summed E-state index contributed by atoms with van der Waals surface area (Å²) < 4.78 is 1.53. The van der Waals surface area contributed by atoms with Gasteiger partial charge in [0.15, 0.2) is 0 Å². The molecule has 0 bridgehead atoms. The quantitative estimate of drug-likeness (QED) is 0.533. The Balaban J connectivity index is -0.000000131. The van der Waals surface area contributed by atoms with Crippen LogP contribution in [0.2, 0.25) is 0.515 Å². The normalized spacial score (nSPS) is 7.43. The maximum atomic E-state index is 9.12. The molecule has 0 aromatic rings. The van der Waals surface area contributed by atoms with E-state index in [4.69, 9.17) is 30.0 Å². The third-order valence-corrected chi connectivity index (χ3v) is 1.95. The van der Waals surface area contributed by atoms with Crippen LogP contribution in [0.3, 0.4) is 0 Å². The van der Waals surface area contributed by atoms with Crippen LogP contribution < -0.4 is 0 Å². The van der Waals surface area contributed by atoms with Crippen molar-refractivity contribution >= 4 is 61.1 Å². The van der Waals surface area contributed by atoms with Crippen LogP contribution in [0.4, 0.5) is 4.79 Å². The van der Waals surface area contributed by atoms with E-state index >= 15 is 0 Å². The Labute approximate surface area is 117 Å². The SMILES string of the molecule is CCC[CH2][K].O=C(O)CO.O=C(O)O. The van der Waals surface area contributed by atoms with Crippen molar-refractivity contribution in [1.82, 2.24) is 0 Å². The number of hydrogen-bond acceptors (Lipinski definition) is 3. The summed E-state index contributed by atoms with van der Waals surface area (Å²) in [4.78, 5) is 17.7. The standard InChI is InChI=1S/C4H9.C2H4O3.CH2O3.K/c1-3-4-2;3-1-2(4)5;2-1(3)4;/h1,3-4H2,2H3;3H,1H2,(H,4,5);(H2,2,3,4);. The first kappa shape index (κ1) is 19.8. The smallest absolute Gasteiger partial charge is 0.480 e. The Morgan fingerprint density at radius 3 is 1.50 bits per heavy atom. The molecule has 0 aromatic carbocycles. The van der Waals surface area contributed by atoms with Crippen molar-refractivity contribution in [2.45, 2.75) is 20.3 Å². The van der Waals surface area contributed by atoms with Crippen molar-refractivity contribution in [3.8, 4) is 0 Å². The second-order valence-electron chi connectivity index (χ2n) is 2.19. The molecule has 80 valence electrons. The molecule has 0 heterocycles. The molecule has 4 N–H and O–H groups in total. The van der Waals surface area contributed by atoms with E-state index in [0.29, 0.717) is 0 Å². The Morgan fingerprint density at radius 2 is 1.50 bits per heavy atom. The topological polar surface area (TPSA) is 115 Å². The van der Waals surface area contributed by atoms with Crippen molar-refractivity contribution in [1.29, 1.82) is 0 Å². The summed E-state index contributed by atoms with van der Waals surface area (Å²) in [5.74, 6) is -1.19. The average Bonchev–Trinajstić information content (AvgIpc) is 2.06. The molecule has 0 fully saturated rings. The predicted molar refractivity (Wildman–Crippen MR) is 50.8 cm³/mol. The number of unbranched alkanes of at least 4 members (excludes halogenated alkanes) is 1.